The maximum Gasteiger partial charge on any atom is 0.159 e. The third-order valence-electron chi connectivity index (χ3n) is 3.13. The average Bonchev–Trinajstić information content (AvgIpc) is 2.39. The van der Waals surface area contributed by atoms with E-state index < -0.39 is 29.3 Å². The van der Waals surface area contributed by atoms with Gasteiger partial charge in [-0.05, 0) is 42.7 Å². The molecule has 0 saturated heterocycles. The summed E-state index contributed by atoms with van der Waals surface area (Å²) < 4.78 is 53.5. The standard InChI is InChI=1S/C15H13F4N/c1-8-2-4-11(17)14(15(8)19)13(20)7-9-3-5-10(16)12(18)6-9/h2-6,13H,7,20H2,1H3. The van der Waals surface area contributed by atoms with Crippen LogP contribution in [0.5, 0.6) is 0 Å². The highest BCUT2D eigenvalue weighted by molar-refractivity contribution is 5.31. The molecule has 5 heteroatoms. The van der Waals surface area contributed by atoms with Crippen molar-refractivity contribution in [1.29, 1.82) is 0 Å². The van der Waals surface area contributed by atoms with Crippen LogP contribution in [0, 0.1) is 30.2 Å². The molecule has 1 nitrogen and oxygen atoms in total. The summed E-state index contributed by atoms with van der Waals surface area (Å²) in [5, 5.41) is 0. The van der Waals surface area contributed by atoms with Crippen molar-refractivity contribution in [2.45, 2.75) is 19.4 Å². The van der Waals surface area contributed by atoms with Crippen LogP contribution in [0.1, 0.15) is 22.7 Å². The summed E-state index contributed by atoms with van der Waals surface area (Å²) in [6.07, 6.45) is 0.00843. The van der Waals surface area contributed by atoms with Crippen LogP contribution in [0.25, 0.3) is 0 Å². The van der Waals surface area contributed by atoms with Crippen LogP contribution in [-0.2, 0) is 6.42 Å². The van der Waals surface area contributed by atoms with Crippen molar-refractivity contribution >= 4 is 0 Å². The molecule has 0 saturated carbocycles. The van der Waals surface area contributed by atoms with Crippen LogP contribution >= 0.6 is 0 Å². The van der Waals surface area contributed by atoms with E-state index in [-0.39, 0.29) is 17.5 Å². The molecule has 0 heterocycles. The van der Waals surface area contributed by atoms with Crippen LogP contribution in [0.3, 0.4) is 0 Å². The first-order chi connectivity index (χ1) is 9.40. The fourth-order valence-electron chi connectivity index (χ4n) is 2.04. The lowest BCUT2D eigenvalue weighted by atomic mass is 9.97. The Kier molecular flexibility index (Phi) is 4.09. The van der Waals surface area contributed by atoms with Crippen molar-refractivity contribution in [3.05, 3.63) is 70.3 Å². The predicted octanol–water partition coefficient (Wildman–Crippen LogP) is 3.79. The van der Waals surface area contributed by atoms with E-state index in [1.165, 1.54) is 19.1 Å². The Morgan fingerprint density at radius 2 is 1.60 bits per heavy atom. The Bertz CT molecular complexity index is 640. The minimum Gasteiger partial charge on any atom is -0.323 e. The van der Waals surface area contributed by atoms with Crippen molar-refractivity contribution in [2.24, 2.45) is 5.73 Å². The lowest BCUT2D eigenvalue weighted by Gasteiger charge is -2.15. The summed E-state index contributed by atoms with van der Waals surface area (Å²) >= 11 is 0. The van der Waals surface area contributed by atoms with Crippen molar-refractivity contribution in [1.82, 2.24) is 0 Å². The lowest BCUT2D eigenvalue weighted by molar-refractivity contribution is 0.502. The third-order valence-corrected chi connectivity index (χ3v) is 3.13. The molecule has 0 fully saturated rings. The second kappa shape index (κ2) is 5.63. The van der Waals surface area contributed by atoms with Gasteiger partial charge in [0.1, 0.15) is 11.6 Å². The van der Waals surface area contributed by atoms with Gasteiger partial charge in [-0.2, -0.15) is 0 Å². The second-order valence-electron chi connectivity index (χ2n) is 4.65. The van der Waals surface area contributed by atoms with E-state index in [4.69, 9.17) is 5.73 Å². The SMILES string of the molecule is Cc1ccc(F)c(C(N)Cc2ccc(F)c(F)c2)c1F. The van der Waals surface area contributed by atoms with Crippen LogP contribution in [0.15, 0.2) is 30.3 Å². The van der Waals surface area contributed by atoms with Gasteiger partial charge in [-0.15, -0.1) is 0 Å². The van der Waals surface area contributed by atoms with E-state index >= 15 is 0 Å². The number of hydrogen-bond donors (Lipinski definition) is 1. The largest absolute Gasteiger partial charge is 0.323 e. The van der Waals surface area contributed by atoms with E-state index in [0.717, 1.165) is 18.2 Å². The van der Waals surface area contributed by atoms with Gasteiger partial charge >= 0.3 is 0 Å². The van der Waals surface area contributed by atoms with E-state index in [1.54, 1.807) is 0 Å². The van der Waals surface area contributed by atoms with Crippen LogP contribution in [-0.4, -0.2) is 0 Å². The maximum atomic E-state index is 13.9. The normalized spacial score (nSPS) is 12.5. The second-order valence-corrected chi connectivity index (χ2v) is 4.65. The van der Waals surface area contributed by atoms with Crippen molar-refractivity contribution in [2.75, 3.05) is 0 Å². The smallest absolute Gasteiger partial charge is 0.159 e. The molecule has 0 aliphatic heterocycles. The summed E-state index contributed by atoms with van der Waals surface area (Å²) in [5.41, 5.74) is 6.20. The highest BCUT2D eigenvalue weighted by Crippen LogP contribution is 2.25. The zero-order valence-electron chi connectivity index (χ0n) is 10.8. The molecular weight excluding hydrogens is 270 g/mol. The third kappa shape index (κ3) is 2.82. The number of nitrogens with two attached hydrogens (primary N) is 1. The molecule has 0 radical (unpaired) electrons. The monoisotopic (exact) mass is 283 g/mol. The molecule has 2 aromatic rings. The molecule has 106 valence electrons. The molecule has 0 spiro atoms. The van der Waals surface area contributed by atoms with Gasteiger partial charge < -0.3 is 5.73 Å². The summed E-state index contributed by atoms with van der Waals surface area (Å²) in [6, 6.07) is 4.75. The molecule has 0 amide bonds. The summed E-state index contributed by atoms with van der Waals surface area (Å²) in [4.78, 5) is 0. The fraction of sp³-hybridized carbons (Fsp3) is 0.200. The Hall–Kier alpha value is -1.88. The van der Waals surface area contributed by atoms with Gasteiger partial charge in [-0.25, -0.2) is 17.6 Å². The van der Waals surface area contributed by atoms with Crippen molar-refractivity contribution in [3.63, 3.8) is 0 Å². The van der Waals surface area contributed by atoms with Crippen LogP contribution in [0.4, 0.5) is 17.6 Å². The first-order valence-corrected chi connectivity index (χ1v) is 6.04. The van der Waals surface area contributed by atoms with Crippen molar-refractivity contribution in [3.8, 4) is 0 Å². The quantitative estimate of drug-likeness (QED) is 0.852. The van der Waals surface area contributed by atoms with Crippen LogP contribution in [0.2, 0.25) is 0 Å². The minimum atomic E-state index is -1.01. The van der Waals surface area contributed by atoms with Crippen LogP contribution < -0.4 is 5.73 Å². The topological polar surface area (TPSA) is 26.0 Å². The van der Waals surface area contributed by atoms with Gasteiger partial charge in [0.05, 0.1) is 0 Å². The van der Waals surface area contributed by atoms with Gasteiger partial charge in [-0.3, -0.25) is 0 Å². The zero-order chi connectivity index (χ0) is 14.9. The van der Waals surface area contributed by atoms with Gasteiger partial charge in [0, 0.05) is 11.6 Å². The number of hydrogen-bond acceptors (Lipinski definition) is 1. The Balaban J connectivity index is 2.30. The van der Waals surface area contributed by atoms with Crippen molar-refractivity contribution < 1.29 is 17.6 Å². The highest BCUT2D eigenvalue weighted by Gasteiger charge is 2.19. The highest BCUT2D eigenvalue weighted by atomic mass is 19.2. The molecule has 0 aliphatic rings. The predicted molar refractivity (Wildman–Crippen MR) is 68.1 cm³/mol. The average molecular weight is 283 g/mol. The first-order valence-electron chi connectivity index (χ1n) is 6.04. The van der Waals surface area contributed by atoms with Gasteiger partial charge in [-0.1, -0.05) is 12.1 Å². The molecule has 20 heavy (non-hydrogen) atoms. The number of rotatable bonds is 3. The van der Waals surface area contributed by atoms with E-state index in [2.05, 4.69) is 0 Å². The molecule has 2 aromatic carbocycles. The molecule has 0 aromatic heterocycles. The molecule has 1 unspecified atom stereocenters. The molecule has 0 aliphatic carbocycles. The summed E-state index contributed by atoms with van der Waals surface area (Å²) in [6.45, 7) is 1.50. The lowest BCUT2D eigenvalue weighted by Crippen LogP contribution is -2.17. The van der Waals surface area contributed by atoms with E-state index in [1.807, 2.05) is 0 Å². The zero-order valence-corrected chi connectivity index (χ0v) is 10.8. The van der Waals surface area contributed by atoms with E-state index in [0.29, 0.717) is 5.56 Å². The first kappa shape index (κ1) is 14.5. The Labute approximate surface area is 114 Å². The van der Waals surface area contributed by atoms with E-state index in [9.17, 15) is 17.6 Å². The number of benzene rings is 2. The minimum absolute atomic E-state index is 0.00843. The maximum absolute atomic E-state index is 13.9. The van der Waals surface area contributed by atoms with Gasteiger partial charge in [0.2, 0.25) is 0 Å². The molecule has 1 atom stereocenters. The number of aryl methyl sites for hydroxylation is 1. The fourth-order valence-corrected chi connectivity index (χ4v) is 2.04. The number of halogens is 4. The Morgan fingerprint density at radius 3 is 2.25 bits per heavy atom. The Morgan fingerprint density at radius 1 is 0.950 bits per heavy atom. The molecule has 0 bridgehead atoms. The summed E-state index contributed by atoms with van der Waals surface area (Å²) in [7, 11) is 0. The molecule has 2 rings (SSSR count). The summed E-state index contributed by atoms with van der Waals surface area (Å²) in [5.74, 6) is -3.45. The molecular formula is C15H13F4N. The van der Waals surface area contributed by atoms with Gasteiger partial charge in [0.15, 0.2) is 11.6 Å². The van der Waals surface area contributed by atoms with Gasteiger partial charge in [0.25, 0.3) is 0 Å². The molecule has 2 N–H and O–H groups in total.